The molecule has 1 fully saturated rings. The van der Waals surface area contributed by atoms with Crippen LogP contribution in [-0.2, 0) is 6.42 Å². The van der Waals surface area contributed by atoms with Crippen molar-refractivity contribution >= 4 is 11.7 Å². The Morgan fingerprint density at radius 3 is 2.44 bits per heavy atom. The summed E-state index contributed by atoms with van der Waals surface area (Å²) in [6.45, 7) is 0. The highest BCUT2D eigenvalue weighted by Gasteiger charge is 2.37. The van der Waals surface area contributed by atoms with Gasteiger partial charge < -0.3 is 16.8 Å². The van der Waals surface area contributed by atoms with Gasteiger partial charge in [0.2, 0.25) is 0 Å². The quantitative estimate of drug-likeness (QED) is 0.719. The van der Waals surface area contributed by atoms with Crippen LogP contribution in [0.1, 0.15) is 24.8 Å². The van der Waals surface area contributed by atoms with Crippen LogP contribution in [0.3, 0.4) is 0 Å². The summed E-state index contributed by atoms with van der Waals surface area (Å²) in [5.41, 5.74) is 13.1. The van der Waals surface area contributed by atoms with E-state index in [1.807, 2.05) is 24.3 Å². The smallest absolute Gasteiger partial charge is 0.316 e. The number of anilines is 1. The fraction of sp³-hybridized carbons (Fsp3) is 0.417. The van der Waals surface area contributed by atoms with Gasteiger partial charge in [-0.2, -0.15) is 0 Å². The Bertz CT molecular complexity index is 382. The minimum Gasteiger partial charge on any atom is -0.351 e. The van der Waals surface area contributed by atoms with Crippen molar-refractivity contribution < 1.29 is 4.79 Å². The zero-order valence-corrected chi connectivity index (χ0v) is 9.20. The molecular formula is C12H17N3O. The van der Waals surface area contributed by atoms with Gasteiger partial charge in [0.15, 0.2) is 0 Å². The number of primary amides is 1. The van der Waals surface area contributed by atoms with E-state index >= 15 is 0 Å². The average molecular weight is 219 g/mol. The summed E-state index contributed by atoms with van der Waals surface area (Å²) in [7, 11) is 0. The van der Waals surface area contributed by atoms with Gasteiger partial charge in [-0.1, -0.05) is 12.1 Å². The Balaban J connectivity index is 1.88. The molecule has 4 heteroatoms. The molecule has 0 spiro atoms. The zero-order valence-electron chi connectivity index (χ0n) is 9.20. The fourth-order valence-electron chi connectivity index (χ4n) is 1.70. The predicted octanol–water partition coefficient (Wildman–Crippen LogP) is 1.60. The lowest BCUT2D eigenvalue weighted by atomic mass is 10.0. The molecule has 0 bridgehead atoms. The Morgan fingerprint density at radius 2 is 1.94 bits per heavy atom. The molecule has 1 aliphatic rings. The van der Waals surface area contributed by atoms with E-state index < -0.39 is 6.03 Å². The third kappa shape index (κ3) is 2.97. The summed E-state index contributed by atoms with van der Waals surface area (Å²) in [5.74, 6) is 0. The average Bonchev–Trinajstić information content (AvgIpc) is 2.96. The summed E-state index contributed by atoms with van der Waals surface area (Å²) >= 11 is 0. The molecule has 2 rings (SSSR count). The molecule has 0 saturated heterocycles. The number of rotatable bonds is 4. The number of hydrogen-bond acceptors (Lipinski definition) is 2. The number of amides is 2. The van der Waals surface area contributed by atoms with Crippen molar-refractivity contribution in [3.05, 3.63) is 29.8 Å². The first-order valence-electron chi connectivity index (χ1n) is 5.52. The molecule has 0 aromatic heterocycles. The second-order valence-corrected chi connectivity index (χ2v) is 4.55. The minimum absolute atomic E-state index is 0.101. The maximum Gasteiger partial charge on any atom is 0.316 e. The van der Waals surface area contributed by atoms with E-state index in [1.165, 1.54) is 5.56 Å². The molecule has 0 aliphatic heterocycles. The highest BCUT2D eigenvalue weighted by Crippen LogP contribution is 2.36. The van der Waals surface area contributed by atoms with Gasteiger partial charge in [0, 0.05) is 11.2 Å². The van der Waals surface area contributed by atoms with E-state index in [4.69, 9.17) is 11.5 Å². The number of carbonyl (C=O) groups is 1. The molecule has 1 aliphatic carbocycles. The van der Waals surface area contributed by atoms with Crippen molar-refractivity contribution in [1.82, 2.24) is 0 Å². The van der Waals surface area contributed by atoms with E-state index in [-0.39, 0.29) is 5.54 Å². The van der Waals surface area contributed by atoms with Gasteiger partial charge in [-0.3, -0.25) is 0 Å². The molecule has 5 N–H and O–H groups in total. The van der Waals surface area contributed by atoms with Crippen LogP contribution < -0.4 is 16.8 Å². The molecule has 16 heavy (non-hydrogen) atoms. The second-order valence-electron chi connectivity index (χ2n) is 4.55. The zero-order chi connectivity index (χ0) is 11.6. The van der Waals surface area contributed by atoms with Crippen molar-refractivity contribution in [2.75, 3.05) is 5.32 Å². The molecule has 0 radical (unpaired) electrons. The minimum atomic E-state index is -0.536. The van der Waals surface area contributed by atoms with E-state index in [0.717, 1.165) is 31.4 Å². The van der Waals surface area contributed by atoms with Crippen molar-refractivity contribution in [2.24, 2.45) is 11.5 Å². The van der Waals surface area contributed by atoms with Crippen LogP contribution in [0.25, 0.3) is 0 Å². The number of urea groups is 1. The van der Waals surface area contributed by atoms with Gasteiger partial charge in [-0.15, -0.1) is 0 Å². The molecule has 1 aromatic rings. The van der Waals surface area contributed by atoms with Gasteiger partial charge in [-0.25, -0.2) is 4.79 Å². The number of carbonyl (C=O) groups excluding carboxylic acids is 1. The van der Waals surface area contributed by atoms with Crippen LogP contribution in [0, 0.1) is 0 Å². The lowest BCUT2D eigenvalue weighted by Crippen LogP contribution is -2.22. The van der Waals surface area contributed by atoms with E-state index in [1.54, 1.807) is 0 Å². The summed E-state index contributed by atoms with van der Waals surface area (Å²) in [6.07, 6.45) is 4.32. The molecular weight excluding hydrogens is 202 g/mol. The van der Waals surface area contributed by atoms with Gasteiger partial charge in [0.05, 0.1) is 0 Å². The van der Waals surface area contributed by atoms with E-state index in [0.29, 0.717) is 0 Å². The van der Waals surface area contributed by atoms with Crippen molar-refractivity contribution in [3.63, 3.8) is 0 Å². The van der Waals surface area contributed by atoms with Crippen molar-refractivity contribution in [1.29, 1.82) is 0 Å². The molecule has 1 saturated carbocycles. The molecule has 4 nitrogen and oxygen atoms in total. The molecule has 1 aromatic carbocycles. The van der Waals surface area contributed by atoms with Crippen LogP contribution in [-0.4, -0.2) is 11.6 Å². The lowest BCUT2D eigenvalue weighted by molar-refractivity contribution is 0.259. The highest BCUT2D eigenvalue weighted by molar-refractivity contribution is 5.87. The predicted molar refractivity (Wildman–Crippen MR) is 64.1 cm³/mol. The fourth-order valence-corrected chi connectivity index (χ4v) is 1.70. The Hall–Kier alpha value is -1.55. The summed E-state index contributed by atoms with van der Waals surface area (Å²) in [6, 6.07) is 7.17. The van der Waals surface area contributed by atoms with Gasteiger partial charge >= 0.3 is 6.03 Å². The molecule has 86 valence electrons. The first-order chi connectivity index (χ1) is 7.57. The van der Waals surface area contributed by atoms with Crippen molar-refractivity contribution in [3.8, 4) is 0 Å². The Labute approximate surface area is 95.0 Å². The Kier molecular flexibility index (Phi) is 2.83. The third-order valence-corrected chi connectivity index (χ3v) is 3.03. The van der Waals surface area contributed by atoms with Crippen LogP contribution in [0.2, 0.25) is 0 Å². The number of aryl methyl sites for hydroxylation is 1. The largest absolute Gasteiger partial charge is 0.351 e. The van der Waals surface area contributed by atoms with E-state index in [9.17, 15) is 4.79 Å². The van der Waals surface area contributed by atoms with Crippen LogP contribution in [0.15, 0.2) is 24.3 Å². The molecule has 0 heterocycles. The van der Waals surface area contributed by atoms with E-state index in [2.05, 4.69) is 5.32 Å². The number of nitrogens with two attached hydrogens (primary N) is 2. The first-order valence-corrected chi connectivity index (χ1v) is 5.52. The maximum atomic E-state index is 10.6. The second kappa shape index (κ2) is 4.14. The van der Waals surface area contributed by atoms with Crippen molar-refractivity contribution in [2.45, 2.75) is 31.2 Å². The summed E-state index contributed by atoms with van der Waals surface area (Å²) < 4.78 is 0. The van der Waals surface area contributed by atoms with Crippen LogP contribution in [0.5, 0.6) is 0 Å². The Morgan fingerprint density at radius 1 is 1.31 bits per heavy atom. The number of benzene rings is 1. The number of hydrogen-bond donors (Lipinski definition) is 3. The number of nitrogens with one attached hydrogen (secondary N) is 1. The monoisotopic (exact) mass is 219 g/mol. The van der Waals surface area contributed by atoms with Crippen LogP contribution >= 0.6 is 0 Å². The van der Waals surface area contributed by atoms with Crippen LogP contribution in [0.4, 0.5) is 10.5 Å². The van der Waals surface area contributed by atoms with Gasteiger partial charge in [-0.05, 0) is 43.4 Å². The third-order valence-electron chi connectivity index (χ3n) is 3.03. The standard InChI is InChI=1S/C12H17N3O/c13-11(16)15-10-3-1-9(2-4-10)5-6-12(14)7-8-12/h1-4H,5-8,14H2,(H3,13,15,16). The topological polar surface area (TPSA) is 81.1 Å². The summed E-state index contributed by atoms with van der Waals surface area (Å²) in [4.78, 5) is 10.6. The van der Waals surface area contributed by atoms with Gasteiger partial charge in [0.25, 0.3) is 0 Å². The normalized spacial score (nSPS) is 16.8. The maximum absolute atomic E-state index is 10.6. The lowest BCUT2D eigenvalue weighted by Gasteiger charge is -2.08. The highest BCUT2D eigenvalue weighted by atomic mass is 16.2. The first kappa shape index (κ1) is 11.0. The molecule has 0 unspecified atom stereocenters. The summed E-state index contributed by atoms with van der Waals surface area (Å²) in [5, 5.41) is 2.53. The van der Waals surface area contributed by atoms with Gasteiger partial charge in [0.1, 0.15) is 0 Å². The SMILES string of the molecule is NC(=O)Nc1ccc(CCC2(N)CC2)cc1. The molecule has 0 atom stereocenters. The molecule has 2 amide bonds.